The first-order valence-electron chi connectivity index (χ1n) is 12.8. The summed E-state index contributed by atoms with van der Waals surface area (Å²) in [6.07, 6.45) is 1.56. The maximum Gasteiger partial charge on any atom is 0.278 e. The fourth-order valence-electron chi connectivity index (χ4n) is 4.27. The molecule has 2 heterocycles. The molecule has 0 saturated heterocycles. The van der Waals surface area contributed by atoms with E-state index in [-0.39, 0.29) is 30.2 Å². The molecular formula is C30H26Cl2N6O3. The van der Waals surface area contributed by atoms with Gasteiger partial charge in [0.25, 0.3) is 11.5 Å². The molecule has 11 heteroatoms. The molecule has 0 fully saturated rings. The molecule has 1 amide bonds. The van der Waals surface area contributed by atoms with Crippen molar-refractivity contribution in [2.75, 3.05) is 19.0 Å². The SMILES string of the molecule is COc1ccc(-c2nc3cnc(NCc4ccc(Cl)c(Cl)c4)nc3n(CCNC(=O)c3cccc(C)c3)c2=O)cc1. The molecule has 9 nitrogen and oxygen atoms in total. The Morgan fingerprint density at radius 1 is 1.00 bits per heavy atom. The van der Waals surface area contributed by atoms with E-state index in [1.807, 2.05) is 31.2 Å². The predicted molar refractivity (Wildman–Crippen MR) is 161 cm³/mol. The summed E-state index contributed by atoms with van der Waals surface area (Å²) in [7, 11) is 1.58. The molecule has 41 heavy (non-hydrogen) atoms. The van der Waals surface area contributed by atoms with Crippen molar-refractivity contribution >= 4 is 46.2 Å². The lowest BCUT2D eigenvalue weighted by Gasteiger charge is -2.14. The molecule has 208 valence electrons. The highest BCUT2D eigenvalue weighted by Crippen LogP contribution is 2.23. The Morgan fingerprint density at radius 2 is 1.80 bits per heavy atom. The minimum atomic E-state index is -0.346. The number of methoxy groups -OCH3 is 1. The zero-order valence-corrected chi connectivity index (χ0v) is 23.8. The lowest BCUT2D eigenvalue weighted by Crippen LogP contribution is -2.32. The van der Waals surface area contributed by atoms with Gasteiger partial charge in [0, 0.05) is 30.8 Å². The molecule has 3 aromatic carbocycles. The van der Waals surface area contributed by atoms with Gasteiger partial charge in [-0.1, -0.05) is 47.0 Å². The third kappa shape index (κ3) is 6.48. The molecule has 0 aliphatic rings. The maximum atomic E-state index is 13.7. The lowest BCUT2D eigenvalue weighted by molar-refractivity contribution is 0.0952. The number of fused-ring (bicyclic) bond motifs is 1. The number of anilines is 1. The molecule has 0 aliphatic heterocycles. The van der Waals surface area contributed by atoms with Crippen LogP contribution in [0.25, 0.3) is 22.4 Å². The maximum absolute atomic E-state index is 13.7. The van der Waals surface area contributed by atoms with Crippen molar-refractivity contribution in [3.63, 3.8) is 0 Å². The van der Waals surface area contributed by atoms with E-state index in [2.05, 4.69) is 25.6 Å². The molecule has 0 radical (unpaired) electrons. The highest BCUT2D eigenvalue weighted by molar-refractivity contribution is 6.42. The summed E-state index contributed by atoms with van der Waals surface area (Å²) in [5.74, 6) is 0.739. The van der Waals surface area contributed by atoms with Gasteiger partial charge in [0.1, 0.15) is 17.0 Å². The second-order valence-corrected chi connectivity index (χ2v) is 10.1. The van der Waals surface area contributed by atoms with Crippen molar-refractivity contribution in [2.45, 2.75) is 20.0 Å². The zero-order chi connectivity index (χ0) is 28.9. The van der Waals surface area contributed by atoms with Gasteiger partial charge in [0.2, 0.25) is 5.95 Å². The summed E-state index contributed by atoms with van der Waals surface area (Å²) >= 11 is 12.2. The van der Waals surface area contributed by atoms with Crippen LogP contribution in [0.1, 0.15) is 21.5 Å². The Kier molecular flexibility index (Phi) is 8.47. The zero-order valence-electron chi connectivity index (χ0n) is 22.3. The van der Waals surface area contributed by atoms with E-state index in [0.29, 0.717) is 50.6 Å². The number of nitrogens with zero attached hydrogens (tertiary/aromatic N) is 4. The number of rotatable bonds is 9. The Bertz CT molecular complexity index is 1790. The van der Waals surface area contributed by atoms with Gasteiger partial charge in [-0.25, -0.2) is 9.97 Å². The molecule has 0 bridgehead atoms. The number of halogens is 2. The van der Waals surface area contributed by atoms with Gasteiger partial charge in [-0.2, -0.15) is 4.98 Å². The van der Waals surface area contributed by atoms with Crippen LogP contribution in [0.15, 0.2) is 77.7 Å². The Balaban J connectivity index is 1.46. The van der Waals surface area contributed by atoms with E-state index >= 15 is 0 Å². The normalized spacial score (nSPS) is 10.9. The Hall–Kier alpha value is -4.47. The van der Waals surface area contributed by atoms with Crippen molar-refractivity contribution < 1.29 is 9.53 Å². The van der Waals surface area contributed by atoms with Gasteiger partial charge in [0.05, 0.1) is 23.4 Å². The van der Waals surface area contributed by atoms with Gasteiger partial charge in [-0.3, -0.25) is 14.2 Å². The number of ether oxygens (including phenoxy) is 1. The number of carbonyl (C=O) groups excluding carboxylic acids is 1. The van der Waals surface area contributed by atoms with Gasteiger partial charge in [-0.15, -0.1) is 0 Å². The largest absolute Gasteiger partial charge is 0.497 e. The van der Waals surface area contributed by atoms with Crippen molar-refractivity contribution in [1.29, 1.82) is 0 Å². The average Bonchev–Trinajstić information content (AvgIpc) is 2.98. The number of hydrogen-bond donors (Lipinski definition) is 2. The number of hydrogen-bond acceptors (Lipinski definition) is 7. The molecule has 5 rings (SSSR count). The average molecular weight is 589 g/mol. The fourth-order valence-corrected chi connectivity index (χ4v) is 4.59. The summed E-state index contributed by atoms with van der Waals surface area (Å²) in [6, 6.07) is 19.7. The topological polar surface area (TPSA) is 111 Å². The standard InChI is InChI=1S/C30H26Cl2N6O3/c1-18-4-3-5-21(14-18)28(39)33-12-13-38-27-25(36-26(29(38)40)20-7-9-22(41-2)10-8-20)17-35-30(37-27)34-16-19-6-11-23(31)24(32)15-19/h3-11,14-15,17H,12-13,16H2,1-2H3,(H,33,39)(H,34,35,37). The molecule has 0 unspecified atom stereocenters. The number of benzene rings is 3. The van der Waals surface area contributed by atoms with Crippen LogP contribution >= 0.6 is 23.2 Å². The molecule has 0 aliphatic carbocycles. The van der Waals surface area contributed by atoms with Crippen LogP contribution in [0.4, 0.5) is 5.95 Å². The van der Waals surface area contributed by atoms with Gasteiger partial charge >= 0.3 is 0 Å². The fraction of sp³-hybridized carbons (Fsp3) is 0.167. The minimum Gasteiger partial charge on any atom is -0.497 e. The molecule has 2 N–H and O–H groups in total. The molecular weight excluding hydrogens is 563 g/mol. The second-order valence-electron chi connectivity index (χ2n) is 9.28. The Morgan fingerprint density at radius 3 is 2.54 bits per heavy atom. The molecule has 0 atom stereocenters. The number of amides is 1. The van der Waals surface area contributed by atoms with Gasteiger partial charge in [-0.05, 0) is 61.0 Å². The minimum absolute atomic E-state index is 0.168. The first-order chi connectivity index (χ1) is 19.8. The summed E-state index contributed by atoms with van der Waals surface area (Å²) in [5.41, 5.74) is 3.70. The van der Waals surface area contributed by atoms with Crippen molar-refractivity contribution in [3.05, 3.63) is 110 Å². The second kappa shape index (κ2) is 12.4. The first kappa shape index (κ1) is 28.1. The summed E-state index contributed by atoms with van der Waals surface area (Å²) < 4.78 is 6.75. The van der Waals surface area contributed by atoms with E-state index in [4.69, 9.17) is 27.9 Å². The third-order valence-electron chi connectivity index (χ3n) is 6.38. The van der Waals surface area contributed by atoms with Gasteiger partial charge in [0.15, 0.2) is 5.65 Å². The van der Waals surface area contributed by atoms with E-state index in [1.54, 1.807) is 55.8 Å². The number of carbonyl (C=O) groups is 1. The van der Waals surface area contributed by atoms with Crippen LogP contribution in [-0.4, -0.2) is 39.1 Å². The molecule has 0 saturated carbocycles. The van der Waals surface area contributed by atoms with E-state index < -0.39 is 0 Å². The molecule has 5 aromatic rings. The van der Waals surface area contributed by atoms with Crippen LogP contribution in [0.2, 0.25) is 10.0 Å². The highest BCUT2D eigenvalue weighted by Gasteiger charge is 2.16. The molecule has 2 aromatic heterocycles. The summed E-state index contributed by atoms with van der Waals surface area (Å²) in [4.78, 5) is 40.1. The smallest absolute Gasteiger partial charge is 0.278 e. The lowest BCUT2D eigenvalue weighted by atomic mass is 10.1. The van der Waals surface area contributed by atoms with Crippen molar-refractivity contribution in [1.82, 2.24) is 24.8 Å². The Labute approximate surface area is 246 Å². The summed E-state index contributed by atoms with van der Waals surface area (Å²) in [5, 5.41) is 6.96. The molecule has 0 spiro atoms. The van der Waals surface area contributed by atoms with E-state index in [9.17, 15) is 9.59 Å². The highest BCUT2D eigenvalue weighted by atomic mass is 35.5. The van der Waals surface area contributed by atoms with Gasteiger partial charge < -0.3 is 15.4 Å². The monoisotopic (exact) mass is 588 g/mol. The van der Waals surface area contributed by atoms with E-state index in [0.717, 1.165) is 11.1 Å². The number of aryl methyl sites for hydroxylation is 1. The van der Waals surface area contributed by atoms with Crippen LogP contribution in [0, 0.1) is 6.92 Å². The van der Waals surface area contributed by atoms with Crippen LogP contribution < -0.4 is 20.9 Å². The number of aromatic nitrogens is 4. The quantitative estimate of drug-likeness (QED) is 0.233. The third-order valence-corrected chi connectivity index (χ3v) is 7.12. The first-order valence-corrected chi connectivity index (χ1v) is 13.5. The van der Waals surface area contributed by atoms with Crippen LogP contribution in [-0.2, 0) is 13.1 Å². The van der Waals surface area contributed by atoms with Crippen LogP contribution in [0.3, 0.4) is 0 Å². The predicted octanol–water partition coefficient (Wildman–Crippen LogP) is 5.52. The van der Waals surface area contributed by atoms with Crippen molar-refractivity contribution in [3.8, 4) is 17.0 Å². The van der Waals surface area contributed by atoms with Crippen molar-refractivity contribution in [2.24, 2.45) is 0 Å². The summed E-state index contributed by atoms with van der Waals surface area (Å²) in [6.45, 7) is 2.68. The number of nitrogens with one attached hydrogen (secondary N) is 2. The van der Waals surface area contributed by atoms with Crippen LogP contribution in [0.5, 0.6) is 5.75 Å². The van der Waals surface area contributed by atoms with E-state index in [1.165, 1.54) is 4.57 Å².